The molecule has 2 rings (SSSR count). The molecule has 0 aliphatic rings. The second kappa shape index (κ2) is 5.89. The fourth-order valence-corrected chi connectivity index (χ4v) is 2.01. The predicted molar refractivity (Wildman–Crippen MR) is 68.6 cm³/mol. The van der Waals surface area contributed by atoms with Gasteiger partial charge in [-0.05, 0) is 19.1 Å². The van der Waals surface area contributed by atoms with Crippen LogP contribution in [0.25, 0.3) is 10.6 Å². The first-order valence-corrected chi connectivity index (χ1v) is 6.19. The lowest BCUT2D eigenvalue weighted by Crippen LogP contribution is -1.75. The van der Waals surface area contributed by atoms with Crippen molar-refractivity contribution < 1.29 is 0 Å². The highest BCUT2D eigenvalue weighted by molar-refractivity contribution is 7.13. The standard InChI is InChI=1S/C10H8ClNS.C2H6/c1-7-6-13-10(12-7)8-2-4-9(11)5-3-8;1-2/h2-6H,1H3;1-2H3. The van der Waals surface area contributed by atoms with Crippen molar-refractivity contribution in [2.75, 3.05) is 0 Å². The Labute approximate surface area is 99.8 Å². The van der Waals surface area contributed by atoms with E-state index in [1.165, 1.54) is 0 Å². The molecule has 1 aromatic carbocycles. The zero-order chi connectivity index (χ0) is 11.3. The minimum atomic E-state index is 0.761. The summed E-state index contributed by atoms with van der Waals surface area (Å²) in [5, 5.41) is 3.86. The summed E-state index contributed by atoms with van der Waals surface area (Å²) >= 11 is 7.44. The van der Waals surface area contributed by atoms with Crippen LogP contribution in [0.5, 0.6) is 0 Å². The summed E-state index contributed by atoms with van der Waals surface area (Å²) in [6, 6.07) is 7.74. The zero-order valence-corrected chi connectivity index (χ0v) is 10.7. The van der Waals surface area contributed by atoms with Gasteiger partial charge in [0.1, 0.15) is 5.01 Å². The summed E-state index contributed by atoms with van der Waals surface area (Å²) in [5.41, 5.74) is 2.19. The van der Waals surface area contributed by atoms with Crippen LogP contribution in [0, 0.1) is 6.92 Å². The van der Waals surface area contributed by atoms with Crippen LogP contribution < -0.4 is 0 Å². The smallest absolute Gasteiger partial charge is 0.123 e. The van der Waals surface area contributed by atoms with Crippen molar-refractivity contribution >= 4 is 22.9 Å². The van der Waals surface area contributed by atoms with Crippen molar-refractivity contribution in [3.8, 4) is 10.6 Å². The second-order valence-electron chi connectivity index (χ2n) is 2.80. The van der Waals surface area contributed by atoms with Crippen molar-refractivity contribution in [3.05, 3.63) is 40.4 Å². The number of benzene rings is 1. The molecule has 0 atom stereocenters. The van der Waals surface area contributed by atoms with E-state index >= 15 is 0 Å². The van der Waals surface area contributed by atoms with E-state index in [-0.39, 0.29) is 0 Å². The molecule has 1 heterocycles. The molecule has 0 saturated carbocycles. The first-order chi connectivity index (χ1) is 7.25. The molecule has 0 N–H and O–H groups in total. The lowest BCUT2D eigenvalue weighted by molar-refractivity contribution is 1.27. The Morgan fingerprint density at radius 3 is 2.20 bits per heavy atom. The highest BCUT2D eigenvalue weighted by Crippen LogP contribution is 2.24. The molecule has 1 nitrogen and oxygen atoms in total. The topological polar surface area (TPSA) is 12.9 Å². The van der Waals surface area contributed by atoms with Gasteiger partial charge < -0.3 is 0 Å². The lowest BCUT2D eigenvalue weighted by atomic mass is 10.2. The Balaban J connectivity index is 0.000000531. The molecule has 15 heavy (non-hydrogen) atoms. The Hall–Kier alpha value is -0.860. The third-order valence-corrected chi connectivity index (χ3v) is 2.97. The van der Waals surface area contributed by atoms with E-state index in [1.54, 1.807) is 11.3 Å². The maximum Gasteiger partial charge on any atom is 0.123 e. The summed E-state index contributed by atoms with van der Waals surface area (Å²) in [6.07, 6.45) is 0. The maximum absolute atomic E-state index is 5.79. The molecule has 0 aliphatic carbocycles. The van der Waals surface area contributed by atoms with E-state index in [0.29, 0.717) is 0 Å². The fourth-order valence-electron chi connectivity index (χ4n) is 1.08. The van der Waals surface area contributed by atoms with E-state index in [1.807, 2.05) is 50.4 Å². The van der Waals surface area contributed by atoms with Crippen LogP contribution in [0.3, 0.4) is 0 Å². The van der Waals surface area contributed by atoms with Gasteiger partial charge in [0, 0.05) is 21.7 Å². The average molecular weight is 240 g/mol. The minimum absolute atomic E-state index is 0.761. The summed E-state index contributed by atoms with van der Waals surface area (Å²) in [6.45, 7) is 6.00. The van der Waals surface area contributed by atoms with Gasteiger partial charge in [-0.15, -0.1) is 11.3 Å². The number of halogens is 1. The van der Waals surface area contributed by atoms with Gasteiger partial charge in [0.05, 0.1) is 0 Å². The van der Waals surface area contributed by atoms with E-state index in [9.17, 15) is 0 Å². The van der Waals surface area contributed by atoms with Crippen molar-refractivity contribution in [3.63, 3.8) is 0 Å². The fraction of sp³-hybridized carbons (Fsp3) is 0.250. The highest BCUT2D eigenvalue weighted by atomic mass is 35.5. The number of hydrogen-bond acceptors (Lipinski definition) is 2. The number of hydrogen-bond donors (Lipinski definition) is 0. The van der Waals surface area contributed by atoms with Crippen LogP contribution in [0.4, 0.5) is 0 Å². The molecule has 0 spiro atoms. The third-order valence-electron chi connectivity index (χ3n) is 1.71. The molecule has 0 aliphatic heterocycles. The van der Waals surface area contributed by atoms with Crippen molar-refractivity contribution in [1.29, 1.82) is 0 Å². The Kier molecular flexibility index (Phi) is 4.79. The van der Waals surface area contributed by atoms with Crippen molar-refractivity contribution in [2.45, 2.75) is 20.8 Å². The minimum Gasteiger partial charge on any atom is -0.241 e. The first-order valence-electron chi connectivity index (χ1n) is 4.94. The van der Waals surface area contributed by atoms with Crippen molar-refractivity contribution in [2.24, 2.45) is 0 Å². The van der Waals surface area contributed by atoms with Gasteiger partial charge in [-0.1, -0.05) is 37.6 Å². The van der Waals surface area contributed by atoms with Crippen LogP contribution in [-0.2, 0) is 0 Å². The van der Waals surface area contributed by atoms with E-state index in [2.05, 4.69) is 4.98 Å². The lowest BCUT2D eigenvalue weighted by Gasteiger charge is -1.94. The average Bonchev–Trinajstić information content (AvgIpc) is 2.69. The molecule has 3 heteroatoms. The van der Waals surface area contributed by atoms with Gasteiger partial charge in [-0.3, -0.25) is 0 Å². The Morgan fingerprint density at radius 1 is 1.13 bits per heavy atom. The van der Waals surface area contributed by atoms with Crippen molar-refractivity contribution in [1.82, 2.24) is 4.98 Å². The molecule has 0 amide bonds. The van der Waals surface area contributed by atoms with Crippen LogP contribution in [-0.4, -0.2) is 4.98 Å². The number of thiazole rings is 1. The van der Waals surface area contributed by atoms with Gasteiger partial charge in [0.25, 0.3) is 0 Å². The summed E-state index contributed by atoms with van der Waals surface area (Å²) in [7, 11) is 0. The number of aromatic nitrogens is 1. The van der Waals surface area contributed by atoms with E-state index in [4.69, 9.17) is 11.6 Å². The molecule has 80 valence electrons. The predicted octanol–water partition coefficient (Wildman–Crippen LogP) is 4.80. The Bertz CT molecular complexity index is 406. The van der Waals surface area contributed by atoms with Crippen LogP contribution in [0.1, 0.15) is 19.5 Å². The number of aryl methyl sites for hydroxylation is 1. The Morgan fingerprint density at radius 2 is 1.73 bits per heavy atom. The molecular weight excluding hydrogens is 226 g/mol. The number of rotatable bonds is 1. The van der Waals surface area contributed by atoms with Gasteiger partial charge in [-0.2, -0.15) is 0 Å². The largest absolute Gasteiger partial charge is 0.241 e. The third kappa shape index (κ3) is 3.33. The number of nitrogens with zero attached hydrogens (tertiary/aromatic N) is 1. The molecular formula is C12H14ClNS. The molecule has 2 aromatic rings. The van der Waals surface area contributed by atoms with E-state index in [0.717, 1.165) is 21.3 Å². The van der Waals surface area contributed by atoms with Gasteiger partial charge >= 0.3 is 0 Å². The molecule has 0 radical (unpaired) electrons. The second-order valence-corrected chi connectivity index (χ2v) is 4.10. The molecule has 0 unspecified atom stereocenters. The van der Waals surface area contributed by atoms with Gasteiger partial charge in [-0.25, -0.2) is 4.98 Å². The SMILES string of the molecule is CC.Cc1csc(-c2ccc(Cl)cc2)n1. The monoisotopic (exact) mass is 239 g/mol. The van der Waals surface area contributed by atoms with Crippen LogP contribution in [0.2, 0.25) is 5.02 Å². The maximum atomic E-state index is 5.79. The van der Waals surface area contributed by atoms with Crippen LogP contribution in [0.15, 0.2) is 29.6 Å². The van der Waals surface area contributed by atoms with E-state index < -0.39 is 0 Å². The van der Waals surface area contributed by atoms with Gasteiger partial charge in [0.15, 0.2) is 0 Å². The van der Waals surface area contributed by atoms with Gasteiger partial charge in [0.2, 0.25) is 0 Å². The first kappa shape index (κ1) is 12.2. The quantitative estimate of drug-likeness (QED) is 0.697. The normalized spacial score (nSPS) is 9.33. The summed E-state index contributed by atoms with van der Waals surface area (Å²) in [5.74, 6) is 0. The summed E-state index contributed by atoms with van der Waals surface area (Å²) in [4.78, 5) is 4.39. The van der Waals surface area contributed by atoms with Crippen LogP contribution >= 0.6 is 22.9 Å². The molecule has 1 aromatic heterocycles. The summed E-state index contributed by atoms with van der Waals surface area (Å²) < 4.78 is 0. The highest BCUT2D eigenvalue weighted by Gasteiger charge is 2.00. The molecule has 0 saturated heterocycles. The molecule has 0 fully saturated rings. The zero-order valence-electron chi connectivity index (χ0n) is 9.12. The molecule has 0 bridgehead atoms.